The number of Topliss-reactive ketones (excluding diaryl/α,β-unsaturated/α-hetero) is 3. The Morgan fingerprint density at radius 2 is 0.971 bits per heavy atom. The molecule has 26 heteroatoms. The highest BCUT2D eigenvalue weighted by molar-refractivity contribution is 6.35. The summed E-state index contributed by atoms with van der Waals surface area (Å²) in [5, 5.41) is 10.7. The Balaban J connectivity index is 0.00000128. The summed E-state index contributed by atoms with van der Waals surface area (Å²) in [4.78, 5) is 74.2. The van der Waals surface area contributed by atoms with Crippen LogP contribution in [-0.2, 0) is 27.5 Å². The van der Waals surface area contributed by atoms with Gasteiger partial charge in [-0.25, -0.2) is 19.9 Å². The number of methoxy groups -OCH3 is 4. The van der Waals surface area contributed by atoms with Gasteiger partial charge in [-0.2, -0.15) is 9.97 Å². The SMILES string of the molecule is C.C.CCCC[C@@H](N)CCC(C)=O.CCCC[C@H](CCC(C)=O)Nc1nc(N)nc2cccnc12.CCCC[C@H](CCC(C)=O)Nc1nc(NCc2ccc(OC)cc2OC)nc2cccnc12.CCN(C(C)C)C(C)C.COc1ccc(CN)c(OC)c1.Cl.Clc1nc(Cl)c2ncccc2n1. The maximum Gasteiger partial charge on any atom is 0.225 e. The molecule has 566 valence electrons. The topological polar surface area (TPSA) is 322 Å². The number of anilines is 4. The van der Waals surface area contributed by atoms with Crippen molar-refractivity contribution in [2.45, 2.75) is 231 Å². The number of fused-ring (bicyclic) bond motifs is 3. The van der Waals surface area contributed by atoms with E-state index in [1.54, 1.807) is 79.9 Å². The number of pyridine rings is 3. The summed E-state index contributed by atoms with van der Waals surface area (Å²) < 4.78 is 20.9. The first-order valence-corrected chi connectivity index (χ1v) is 35.1. The number of nitrogens with two attached hydrogens (primary N) is 3. The van der Waals surface area contributed by atoms with Gasteiger partial charge in [-0.15, -0.1) is 12.4 Å². The highest BCUT2D eigenvalue weighted by atomic mass is 35.5. The molecule has 6 aromatic heterocycles. The number of nitrogens with one attached hydrogen (secondary N) is 3. The van der Waals surface area contributed by atoms with Crippen molar-refractivity contribution < 1.29 is 33.3 Å². The molecule has 0 aliphatic carbocycles. The van der Waals surface area contributed by atoms with Gasteiger partial charge in [0.05, 0.1) is 45.0 Å². The van der Waals surface area contributed by atoms with Crippen LogP contribution in [0.25, 0.3) is 33.1 Å². The van der Waals surface area contributed by atoms with Crippen molar-refractivity contribution in [2.24, 2.45) is 11.5 Å². The summed E-state index contributed by atoms with van der Waals surface area (Å²) in [7, 11) is 6.50. The fraction of sp³-hybridized carbons (Fsp3) is 0.526. The van der Waals surface area contributed by atoms with Crippen LogP contribution in [0, 0.1) is 0 Å². The van der Waals surface area contributed by atoms with E-state index in [-0.39, 0.29) is 79.1 Å². The Morgan fingerprint density at radius 1 is 0.539 bits per heavy atom. The van der Waals surface area contributed by atoms with Crippen molar-refractivity contribution in [3.63, 3.8) is 0 Å². The number of carbonyl (C=O) groups is 3. The largest absolute Gasteiger partial charge is 0.497 e. The lowest BCUT2D eigenvalue weighted by Crippen LogP contribution is -2.36. The molecule has 3 atom stereocenters. The minimum Gasteiger partial charge on any atom is -0.497 e. The number of nitrogens with zero attached hydrogens (tertiary/aromatic N) is 10. The molecule has 0 aliphatic rings. The predicted octanol–water partition coefficient (Wildman–Crippen LogP) is 17.1. The molecule has 0 fully saturated rings. The average molecular weight is 1480 g/mol. The number of halogens is 3. The molecular weight excluding hydrogens is 1360 g/mol. The van der Waals surface area contributed by atoms with Crippen molar-refractivity contribution in [3.8, 4) is 23.0 Å². The van der Waals surface area contributed by atoms with Crippen LogP contribution in [-0.4, -0.2) is 132 Å². The van der Waals surface area contributed by atoms with Crippen LogP contribution in [0.5, 0.6) is 23.0 Å². The smallest absolute Gasteiger partial charge is 0.225 e. The summed E-state index contributed by atoms with van der Waals surface area (Å²) in [6, 6.07) is 24.2. The van der Waals surface area contributed by atoms with Gasteiger partial charge in [0.15, 0.2) is 16.8 Å². The molecule has 23 nitrogen and oxygen atoms in total. The minimum absolute atomic E-state index is 0. The molecular formula is C76H119Cl3N16O7. The van der Waals surface area contributed by atoms with Gasteiger partial charge in [0.2, 0.25) is 17.2 Å². The monoisotopic (exact) mass is 1470 g/mol. The summed E-state index contributed by atoms with van der Waals surface area (Å²) in [5.41, 5.74) is 23.1. The number of carbonyl (C=O) groups excluding carboxylic acids is 3. The molecule has 0 spiro atoms. The Morgan fingerprint density at radius 3 is 1.40 bits per heavy atom. The fourth-order valence-electron chi connectivity index (χ4n) is 10.3. The van der Waals surface area contributed by atoms with E-state index in [0.717, 1.165) is 121 Å². The number of hydrogen-bond donors (Lipinski definition) is 6. The van der Waals surface area contributed by atoms with E-state index in [1.165, 1.54) is 12.8 Å². The van der Waals surface area contributed by atoms with E-state index in [0.29, 0.717) is 78.6 Å². The van der Waals surface area contributed by atoms with Crippen LogP contribution >= 0.6 is 35.6 Å². The van der Waals surface area contributed by atoms with Crippen molar-refractivity contribution in [1.29, 1.82) is 0 Å². The molecule has 0 radical (unpaired) electrons. The predicted molar refractivity (Wildman–Crippen MR) is 425 cm³/mol. The van der Waals surface area contributed by atoms with Gasteiger partial charge in [-0.05, 0) is 160 Å². The van der Waals surface area contributed by atoms with Crippen molar-refractivity contribution >= 4 is 110 Å². The average Bonchev–Trinajstić information content (AvgIpc) is 0.819. The summed E-state index contributed by atoms with van der Waals surface area (Å²) in [6.45, 7) is 24.6. The Hall–Kier alpha value is -7.93. The lowest BCUT2D eigenvalue weighted by molar-refractivity contribution is -0.118. The minimum atomic E-state index is 0. The van der Waals surface area contributed by atoms with E-state index in [1.807, 2.05) is 60.7 Å². The standard InChI is InChI=1S/C25H33N5O3.C16H23N5O.C9H13NO2.C9H19NO.C8H19N.C7H3Cl2N3.2CH4.ClH/c1-5-6-8-19(12-10-17(2)31)28-24-23-21(9-7-14-26-23)29-25(30-24)27-16-18-11-13-20(32-3)15-22(18)33-4;1-3-4-6-12(9-8-11(2)22)19-15-14-13(7-5-10-18-14)20-16(17)21-15;1-11-8-4-3-7(6-10)9(5-8)12-2;1-3-4-5-9(10)7-6-8(2)11;1-6-9(7(2)3)8(4)5;8-6-5-4(2-1-3-10-5)11-7(9)12-6;;;/h7,9,11,13-15,19H,5-6,8,10,12,16H2,1-4H3,(H2,27,28,29,30);5,7,10,12H,3-4,6,8-9H2,1-2H3,(H3,17,19,20,21);3-5H,6,10H2,1-2H3;9H,3-7,10H2,1-2H3;7-8H,6H2,1-5H3;1-3H;2*1H4;1H/t19-;12-;;9-;;;;;/m11.1...../s1. The number of aromatic nitrogens is 9. The Kier molecular flexibility index (Phi) is 48.8. The van der Waals surface area contributed by atoms with E-state index >= 15 is 0 Å². The number of nitrogen functional groups attached to an aromatic ring is 1. The molecule has 0 aliphatic heterocycles. The second kappa shape index (κ2) is 52.9. The maximum atomic E-state index is 11.6. The van der Waals surface area contributed by atoms with E-state index in [2.05, 4.69) is 116 Å². The van der Waals surface area contributed by atoms with Crippen LogP contribution in [0.15, 0.2) is 91.4 Å². The molecule has 0 saturated carbocycles. The highest BCUT2D eigenvalue weighted by Crippen LogP contribution is 2.29. The number of hydrogen-bond acceptors (Lipinski definition) is 23. The van der Waals surface area contributed by atoms with Crippen LogP contribution in [0.1, 0.15) is 198 Å². The van der Waals surface area contributed by atoms with Gasteiger partial charge < -0.3 is 66.5 Å². The van der Waals surface area contributed by atoms with Crippen LogP contribution in [0.2, 0.25) is 10.4 Å². The number of ether oxygens (including phenoxy) is 4. The zero-order chi connectivity index (χ0) is 73.2. The van der Waals surface area contributed by atoms with Crippen LogP contribution in [0.4, 0.5) is 23.5 Å². The normalized spacial score (nSPS) is 11.3. The molecule has 0 amide bonds. The second-order valence-electron chi connectivity index (χ2n) is 24.2. The molecule has 6 heterocycles. The van der Waals surface area contributed by atoms with E-state index in [9.17, 15) is 14.4 Å². The lowest BCUT2D eigenvalue weighted by Gasteiger charge is -2.28. The number of benzene rings is 2. The third-order valence-corrected chi connectivity index (χ3v) is 16.1. The van der Waals surface area contributed by atoms with Gasteiger partial charge in [0, 0.05) is 104 Å². The Labute approximate surface area is 624 Å². The molecule has 102 heavy (non-hydrogen) atoms. The first-order chi connectivity index (χ1) is 47.5. The number of ketones is 3. The summed E-state index contributed by atoms with van der Waals surface area (Å²) in [6.07, 6.45) is 19.0. The third kappa shape index (κ3) is 35.3. The van der Waals surface area contributed by atoms with Crippen molar-refractivity contribution in [3.05, 3.63) is 113 Å². The molecule has 9 N–H and O–H groups in total. The van der Waals surface area contributed by atoms with Gasteiger partial charge in [-0.3, -0.25) is 19.9 Å². The molecule has 0 unspecified atom stereocenters. The molecule has 0 bridgehead atoms. The van der Waals surface area contributed by atoms with E-state index < -0.39 is 0 Å². The second-order valence-corrected chi connectivity index (χ2v) is 24.9. The third-order valence-electron chi connectivity index (χ3n) is 15.6. The van der Waals surface area contributed by atoms with Crippen LogP contribution < -0.4 is 52.1 Å². The zero-order valence-electron chi connectivity index (χ0n) is 61.5. The number of unbranched alkanes of at least 4 members (excludes halogenated alkanes) is 3. The lowest BCUT2D eigenvalue weighted by atomic mass is 10.0. The quantitative estimate of drug-likeness (QED) is 0.0164. The fourth-order valence-corrected chi connectivity index (χ4v) is 10.7. The highest BCUT2D eigenvalue weighted by Gasteiger charge is 2.18. The van der Waals surface area contributed by atoms with Gasteiger partial charge in [0.1, 0.15) is 56.9 Å². The maximum absolute atomic E-state index is 11.6. The van der Waals surface area contributed by atoms with Crippen LogP contribution in [0.3, 0.4) is 0 Å². The first-order valence-electron chi connectivity index (χ1n) is 34.3. The van der Waals surface area contributed by atoms with Crippen molar-refractivity contribution in [1.82, 2.24) is 49.8 Å². The van der Waals surface area contributed by atoms with Gasteiger partial charge >= 0.3 is 0 Å². The molecule has 2 aromatic carbocycles. The van der Waals surface area contributed by atoms with Gasteiger partial charge in [0.25, 0.3) is 0 Å². The molecule has 0 saturated heterocycles. The molecule has 8 aromatic rings. The summed E-state index contributed by atoms with van der Waals surface area (Å²) in [5.74, 6) is 5.71. The van der Waals surface area contributed by atoms with Crippen molar-refractivity contribution in [2.75, 3.05) is 56.7 Å². The van der Waals surface area contributed by atoms with E-state index in [4.69, 9.17) is 64.3 Å². The van der Waals surface area contributed by atoms with Gasteiger partial charge in [-0.1, -0.05) is 98.7 Å². The number of rotatable bonds is 33. The Bertz CT molecular complexity index is 3660. The zero-order valence-corrected chi connectivity index (χ0v) is 63.8. The first kappa shape index (κ1) is 94.1. The molecule has 8 rings (SSSR count). The summed E-state index contributed by atoms with van der Waals surface area (Å²) >= 11 is 11.4.